The van der Waals surface area contributed by atoms with E-state index in [1.54, 1.807) is 23.1 Å². The van der Waals surface area contributed by atoms with Gasteiger partial charge in [-0.2, -0.15) is 0 Å². The molecule has 1 aliphatic heterocycles. The molecule has 0 bridgehead atoms. The molecule has 1 aromatic carbocycles. The van der Waals surface area contributed by atoms with Gasteiger partial charge in [0, 0.05) is 43.3 Å². The molecular formula is C16H23N3O2. The highest BCUT2D eigenvalue weighted by Crippen LogP contribution is 2.18. The van der Waals surface area contributed by atoms with Gasteiger partial charge in [0.1, 0.15) is 0 Å². The molecule has 1 heterocycles. The van der Waals surface area contributed by atoms with E-state index in [0.29, 0.717) is 37.4 Å². The zero-order chi connectivity index (χ0) is 15.6. The van der Waals surface area contributed by atoms with Crippen LogP contribution in [0.15, 0.2) is 18.2 Å². The number of piperazine rings is 1. The lowest BCUT2D eigenvalue weighted by molar-refractivity contribution is -0.135. The van der Waals surface area contributed by atoms with E-state index in [9.17, 15) is 9.59 Å². The predicted octanol–water partition coefficient (Wildman–Crippen LogP) is 1.52. The molecule has 2 amide bonds. The Balaban J connectivity index is 2.04. The Bertz CT molecular complexity index is 546. The van der Waals surface area contributed by atoms with Crippen molar-refractivity contribution in [3.8, 4) is 0 Å². The van der Waals surface area contributed by atoms with Crippen molar-refractivity contribution >= 4 is 17.5 Å². The maximum atomic E-state index is 12.6. The van der Waals surface area contributed by atoms with Gasteiger partial charge in [-0.25, -0.2) is 0 Å². The number of anilines is 1. The highest BCUT2D eigenvalue weighted by molar-refractivity contribution is 5.97. The normalized spacial score (nSPS) is 15.4. The molecule has 0 radical (unpaired) electrons. The highest BCUT2D eigenvalue weighted by atomic mass is 16.2. The maximum Gasteiger partial charge on any atom is 0.254 e. The first-order valence-corrected chi connectivity index (χ1v) is 7.35. The lowest BCUT2D eigenvalue weighted by Crippen LogP contribution is -2.51. The summed E-state index contributed by atoms with van der Waals surface area (Å²) in [5.74, 6) is 0.155. The summed E-state index contributed by atoms with van der Waals surface area (Å²) in [6.07, 6.45) is 0. The average Bonchev–Trinajstić information content (AvgIpc) is 2.48. The molecule has 1 fully saturated rings. The van der Waals surface area contributed by atoms with E-state index >= 15 is 0 Å². The molecule has 0 aromatic heterocycles. The molecule has 0 saturated carbocycles. The lowest BCUT2D eigenvalue weighted by atomic mass is 10.1. The van der Waals surface area contributed by atoms with Crippen molar-refractivity contribution in [3.63, 3.8) is 0 Å². The summed E-state index contributed by atoms with van der Waals surface area (Å²) in [7, 11) is 0. The summed E-state index contributed by atoms with van der Waals surface area (Å²) in [5, 5.41) is 0. The van der Waals surface area contributed by atoms with Crippen LogP contribution in [0, 0.1) is 12.8 Å². The number of nitrogen functional groups attached to an aromatic ring is 1. The highest BCUT2D eigenvalue weighted by Gasteiger charge is 2.26. The fourth-order valence-corrected chi connectivity index (χ4v) is 2.55. The summed E-state index contributed by atoms with van der Waals surface area (Å²) in [5.41, 5.74) is 7.97. The lowest BCUT2D eigenvalue weighted by Gasteiger charge is -2.35. The molecular weight excluding hydrogens is 266 g/mol. The number of nitrogens with zero attached hydrogens (tertiary/aromatic N) is 2. The van der Waals surface area contributed by atoms with Gasteiger partial charge in [0.15, 0.2) is 0 Å². The van der Waals surface area contributed by atoms with Crippen LogP contribution in [-0.2, 0) is 4.79 Å². The van der Waals surface area contributed by atoms with Crippen molar-refractivity contribution in [2.45, 2.75) is 20.8 Å². The van der Waals surface area contributed by atoms with Crippen molar-refractivity contribution in [2.24, 2.45) is 5.92 Å². The molecule has 114 valence electrons. The van der Waals surface area contributed by atoms with Gasteiger partial charge in [-0.15, -0.1) is 0 Å². The summed E-state index contributed by atoms with van der Waals surface area (Å²) < 4.78 is 0. The molecule has 2 rings (SSSR count). The van der Waals surface area contributed by atoms with E-state index in [1.807, 2.05) is 25.7 Å². The Hall–Kier alpha value is -2.04. The van der Waals surface area contributed by atoms with Crippen LogP contribution in [-0.4, -0.2) is 47.8 Å². The first kappa shape index (κ1) is 15.4. The first-order valence-electron chi connectivity index (χ1n) is 7.35. The second-order valence-electron chi connectivity index (χ2n) is 5.79. The topological polar surface area (TPSA) is 66.6 Å². The van der Waals surface area contributed by atoms with Crippen LogP contribution >= 0.6 is 0 Å². The summed E-state index contributed by atoms with van der Waals surface area (Å²) in [6, 6.07) is 5.40. The SMILES string of the molecule is Cc1c(N)cccc1C(=O)N1CCN(C(=O)C(C)C)CC1. The van der Waals surface area contributed by atoms with Gasteiger partial charge in [-0.05, 0) is 24.6 Å². The number of carbonyl (C=O) groups is 2. The Labute approximate surface area is 125 Å². The Morgan fingerprint density at radius 1 is 1.10 bits per heavy atom. The molecule has 0 aliphatic carbocycles. The second-order valence-corrected chi connectivity index (χ2v) is 5.79. The molecule has 21 heavy (non-hydrogen) atoms. The Morgan fingerprint density at radius 3 is 2.24 bits per heavy atom. The summed E-state index contributed by atoms with van der Waals surface area (Å²) >= 11 is 0. The van der Waals surface area contributed by atoms with Crippen LogP contribution in [0.2, 0.25) is 0 Å². The standard InChI is InChI=1S/C16H23N3O2/c1-11(2)15(20)18-7-9-19(10-8-18)16(21)13-5-4-6-14(17)12(13)3/h4-6,11H,7-10,17H2,1-3H3. The number of hydrogen-bond donors (Lipinski definition) is 1. The maximum absolute atomic E-state index is 12.6. The molecule has 0 unspecified atom stereocenters. The van der Waals surface area contributed by atoms with Crippen LogP contribution in [0.4, 0.5) is 5.69 Å². The number of amides is 2. The minimum Gasteiger partial charge on any atom is -0.398 e. The van der Waals surface area contributed by atoms with Crippen LogP contribution in [0.1, 0.15) is 29.8 Å². The minimum absolute atomic E-state index is 0.00316. The third kappa shape index (κ3) is 3.17. The molecule has 5 nitrogen and oxygen atoms in total. The largest absolute Gasteiger partial charge is 0.398 e. The van der Waals surface area contributed by atoms with E-state index in [-0.39, 0.29) is 17.7 Å². The molecule has 1 saturated heterocycles. The quantitative estimate of drug-likeness (QED) is 0.839. The smallest absolute Gasteiger partial charge is 0.254 e. The van der Waals surface area contributed by atoms with Crippen molar-refractivity contribution in [1.82, 2.24) is 9.80 Å². The van der Waals surface area contributed by atoms with Crippen molar-refractivity contribution in [3.05, 3.63) is 29.3 Å². The van der Waals surface area contributed by atoms with Crippen molar-refractivity contribution < 1.29 is 9.59 Å². The number of carbonyl (C=O) groups excluding carboxylic acids is 2. The second kappa shape index (κ2) is 6.16. The van der Waals surface area contributed by atoms with Crippen LogP contribution in [0.5, 0.6) is 0 Å². The van der Waals surface area contributed by atoms with Gasteiger partial charge in [-0.1, -0.05) is 19.9 Å². The fraction of sp³-hybridized carbons (Fsp3) is 0.500. The van der Waals surface area contributed by atoms with Crippen molar-refractivity contribution in [2.75, 3.05) is 31.9 Å². The van der Waals surface area contributed by atoms with Crippen molar-refractivity contribution in [1.29, 1.82) is 0 Å². The van der Waals surface area contributed by atoms with E-state index in [2.05, 4.69) is 0 Å². The minimum atomic E-state index is -0.00329. The molecule has 2 N–H and O–H groups in total. The molecule has 5 heteroatoms. The number of nitrogens with two attached hydrogens (primary N) is 1. The molecule has 1 aliphatic rings. The first-order chi connectivity index (χ1) is 9.91. The monoisotopic (exact) mass is 289 g/mol. The Morgan fingerprint density at radius 2 is 1.67 bits per heavy atom. The van der Waals surface area contributed by atoms with Gasteiger partial charge in [0.2, 0.25) is 5.91 Å². The van der Waals surface area contributed by atoms with E-state index in [1.165, 1.54) is 0 Å². The van der Waals surface area contributed by atoms with Gasteiger partial charge in [0.05, 0.1) is 0 Å². The average molecular weight is 289 g/mol. The fourth-order valence-electron chi connectivity index (χ4n) is 2.55. The van der Waals surface area contributed by atoms with Crippen LogP contribution in [0.3, 0.4) is 0 Å². The third-order valence-electron chi connectivity index (χ3n) is 3.98. The number of rotatable bonds is 2. The van der Waals surface area contributed by atoms with Gasteiger partial charge >= 0.3 is 0 Å². The zero-order valence-electron chi connectivity index (χ0n) is 12.9. The number of hydrogen-bond acceptors (Lipinski definition) is 3. The van der Waals surface area contributed by atoms with E-state index < -0.39 is 0 Å². The number of benzene rings is 1. The third-order valence-corrected chi connectivity index (χ3v) is 3.98. The molecule has 0 spiro atoms. The van der Waals surface area contributed by atoms with E-state index in [0.717, 1.165) is 5.56 Å². The molecule has 0 atom stereocenters. The molecule has 1 aromatic rings. The Kier molecular flexibility index (Phi) is 4.50. The van der Waals surface area contributed by atoms with Crippen LogP contribution in [0.25, 0.3) is 0 Å². The van der Waals surface area contributed by atoms with E-state index in [4.69, 9.17) is 5.73 Å². The summed E-state index contributed by atoms with van der Waals surface area (Å²) in [4.78, 5) is 28.1. The van der Waals surface area contributed by atoms with Gasteiger partial charge in [-0.3, -0.25) is 9.59 Å². The zero-order valence-corrected chi connectivity index (χ0v) is 12.9. The predicted molar refractivity (Wildman–Crippen MR) is 82.9 cm³/mol. The van der Waals surface area contributed by atoms with Crippen LogP contribution < -0.4 is 5.73 Å². The van der Waals surface area contributed by atoms with Gasteiger partial charge < -0.3 is 15.5 Å². The summed E-state index contributed by atoms with van der Waals surface area (Å²) in [6.45, 7) is 8.01. The van der Waals surface area contributed by atoms with Gasteiger partial charge in [0.25, 0.3) is 5.91 Å².